The summed E-state index contributed by atoms with van der Waals surface area (Å²) in [6.07, 6.45) is 2.87. The Kier molecular flexibility index (Phi) is 4.74. The first-order valence-electron chi connectivity index (χ1n) is 6.05. The zero-order valence-corrected chi connectivity index (χ0v) is 14.2. The predicted molar refractivity (Wildman–Crippen MR) is 56.8 cm³/mol. The molecule has 0 saturated carbocycles. The van der Waals surface area contributed by atoms with Crippen LogP contribution >= 0.6 is 0 Å². The summed E-state index contributed by atoms with van der Waals surface area (Å²) >= 11 is 0.980. The molecule has 0 aromatic heterocycles. The molecule has 15 heavy (non-hydrogen) atoms. The van der Waals surface area contributed by atoms with Gasteiger partial charge in [0.1, 0.15) is 0 Å². The number of nitrogens with one attached hydrogen (secondary N) is 1. The normalized spacial score (nSPS) is 44.3. The standard InChI is InChI=1S/C12H21I2N/c1-4-9-7-13-12-10(15-5-2)6-8(3)14-11(9)12/h8-9,11-12H,4-7H2,1-3H3/q-2/p+1/t8-,9?,11+,12+/m1/s1. The van der Waals surface area contributed by atoms with E-state index < -0.39 is 0 Å². The van der Waals surface area contributed by atoms with Crippen LogP contribution < -0.4 is 47.4 Å². The molecule has 0 bridgehead atoms. The third kappa shape index (κ3) is 2.69. The Morgan fingerprint density at radius 3 is 2.87 bits per heavy atom. The molecule has 90 valence electrons. The van der Waals surface area contributed by atoms with E-state index in [1.54, 1.807) is 10.1 Å². The van der Waals surface area contributed by atoms with E-state index in [4.69, 9.17) is 0 Å². The number of rotatable bonds is 2. The third-order valence-corrected chi connectivity index (χ3v) is 13.0. The van der Waals surface area contributed by atoms with E-state index in [1.807, 2.05) is 0 Å². The fourth-order valence-corrected chi connectivity index (χ4v) is 14.6. The molecule has 2 aliphatic heterocycles. The second-order valence-corrected chi connectivity index (χ2v) is 11.9. The van der Waals surface area contributed by atoms with E-state index in [9.17, 15) is 0 Å². The Morgan fingerprint density at radius 1 is 1.40 bits per heavy atom. The van der Waals surface area contributed by atoms with E-state index in [-0.39, 0.29) is 0 Å². The Bertz CT molecular complexity index is 252. The van der Waals surface area contributed by atoms with E-state index in [1.165, 1.54) is 16.8 Å². The number of halogens is 2. The fourth-order valence-electron chi connectivity index (χ4n) is 2.51. The molecule has 0 radical (unpaired) electrons. The first-order chi connectivity index (χ1) is 7.26. The molecule has 2 aliphatic rings. The molecule has 0 aromatic carbocycles. The van der Waals surface area contributed by atoms with Crippen molar-refractivity contribution in [2.45, 2.75) is 45.4 Å². The molecular formula is C12H22I2N-. The van der Waals surface area contributed by atoms with Crippen molar-refractivity contribution in [2.75, 3.05) is 11.0 Å². The van der Waals surface area contributed by atoms with Crippen molar-refractivity contribution in [2.24, 2.45) is 5.92 Å². The zero-order chi connectivity index (χ0) is 10.8. The Balaban J connectivity index is 2.14. The average Bonchev–Trinajstić information content (AvgIpc) is 2.61. The van der Waals surface area contributed by atoms with Gasteiger partial charge in [-0.2, -0.15) is 0 Å². The van der Waals surface area contributed by atoms with Crippen LogP contribution in [0.1, 0.15) is 33.6 Å². The van der Waals surface area contributed by atoms with E-state index in [0.717, 1.165) is 20.3 Å². The van der Waals surface area contributed by atoms with Gasteiger partial charge in [0, 0.05) is 0 Å². The van der Waals surface area contributed by atoms with Gasteiger partial charge in [0.15, 0.2) is 0 Å². The van der Waals surface area contributed by atoms with Crippen molar-refractivity contribution in [1.82, 2.24) is 0 Å². The van der Waals surface area contributed by atoms with Crippen LogP contribution in [-0.2, 0) is 0 Å². The predicted octanol–water partition coefficient (Wildman–Crippen LogP) is -5.72. The quantitative estimate of drug-likeness (QED) is 0.329. The Labute approximate surface area is 114 Å². The van der Waals surface area contributed by atoms with Gasteiger partial charge in [-0.05, 0) is 0 Å². The molecule has 3 heteroatoms. The fraction of sp³-hybridized carbons (Fsp3) is 0.917. The molecule has 0 aliphatic carbocycles. The maximum absolute atomic E-state index is 3.69. The van der Waals surface area contributed by atoms with Crippen LogP contribution in [0.4, 0.5) is 0 Å². The van der Waals surface area contributed by atoms with Crippen LogP contribution in [0.5, 0.6) is 0 Å². The summed E-state index contributed by atoms with van der Waals surface area (Å²) < 4.78 is 4.90. The summed E-state index contributed by atoms with van der Waals surface area (Å²) in [7, 11) is 0. The molecule has 1 N–H and O–H groups in total. The van der Waals surface area contributed by atoms with Crippen LogP contribution in [0.15, 0.2) is 0 Å². The minimum atomic E-state index is 0.490. The van der Waals surface area contributed by atoms with Gasteiger partial charge in [-0.25, -0.2) is 0 Å². The van der Waals surface area contributed by atoms with E-state index >= 15 is 0 Å². The summed E-state index contributed by atoms with van der Waals surface area (Å²) in [6, 6.07) is 0. The first-order valence-corrected chi connectivity index (χ1v) is 11.3. The zero-order valence-electron chi connectivity index (χ0n) is 9.89. The van der Waals surface area contributed by atoms with Gasteiger partial charge in [0.2, 0.25) is 0 Å². The number of fused-ring (bicyclic) bond motifs is 1. The second kappa shape index (κ2) is 5.65. The van der Waals surface area contributed by atoms with Crippen molar-refractivity contribution in [3.63, 3.8) is 0 Å². The van der Waals surface area contributed by atoms with Crippen LogP contribution in [0, 0.1) is 5.92 Å². The summed E-state index contributed by atoms with van der Waals surface area (Å²) in [5.41, 5.74) is 1.77. The van der Waals surface area contributed by atoms with Crippen LogP contribution in [0.25, 0.3) is 0 Å². The van der Waals surface area contributed by atoms with Crippen LogP contribution in [0.2, 0.25) is 0 Å². The molecule has 0 aromatic rings. The molecule has 0 amide bonds. The van der Waals surface area contributed by atoms with E-state index in [0.29, 0.717) is 42.4 Å². The molecular weight excluding hydrogens is 412 g/mol. The molecule has 2 heterocycles. The molecule has 4 atom stereocenters. The number of alkyl halides is 4. The van der Waals surface area contributed by atoms with Crippen LogP contribution in [-0.4, -0.2) is 28.5 Å². The van der Waals surface area contributed by atoms with Gasteiger partial charge >= 0.3 is 115 Å². The molecule has 2 rings (SSSR count). The molecule has 1 nitrogen and oxygen atoms in total. The molecule has 2 fully saturated rings. The maximum atomic E-state index is 3.69. The van der Waals surface area contributed by atoms with Gasteiger partial charge in [-0.1, -0.05) is 0 Å². The Morgan fingerprint density at radius 2 is 2.20 bits per heavy atom. The van der Waals surface area contributed by atoms with E-state index in [2.05, 4.69) is 25.8 Å². The summed E-state index contributed by atoms with van der Waals surface area (Å²) in [5.74, 6) is 1.12. The summed E-state index contributed by atoms with van der Waals surface area (Å²) in [5, 5.41) is 0. The SMILES string of the molecule is CC[NH+]=C1C[C@@H](C)[I-][C@H]2C(CC)C[I-][C@@H]12. The van der Waals surface area contributed by atoms with Crippen molar-refractivity contribution in [3.8, 4) is 0 Å². The topological polar surface area (TPSA) is 14.0 Å². The summed E-state index contributed by atoms with van der Waals surface area (Å²) in [4.78, 5) is 3.69. The monoisotopic (exact) mass is 434 g/mol. The van der Waals surface area contributed by atoms with Crippen molar-refractivity contribution < 1.29 is 47.4 Å². The first kappa shape index (κ1) is 12.6. The van der Waals surface area contributed by atoms with Gasteiger partial charge in [-0.15, -0.1) is 0 Å². The third-order valence-electron chi connectivity index (χ3n) is 3.31. The second-order valence-electron chi connectivity index (χ2n) is 4.49. The average molecular weight is 434 g/mol. The number of hydrogen-bond acceptors (Lipinski definition) is 0. The van der Waals surface area contributed by atoms with Gasteiger partial charge in [0.25, 0.3) is 0 Å². The molecule has 0 spiro atoms. The van der Waals surface area contributed by atoms with Gasteiger partial charge < -0.3 is 0 Å². The Hall–Kier alpha value is 1.13. The van der Waals surface area contributed by atoms with Gasteiger partial charge in [-0.3, -0.25) is 0 Å². The number of hydrogen-bond donors (Lipinski definition) is 1. The molecule has 1 unspecified atom stereocenters. The van der Waals surface area contributed by atoms with Crippen molar-refractivity contribution >= 4 is 5.71 Å². The van der Waals surface area contributed by atoms with Crippen LogP contribution in [0.3, 0.4) is 0 Å². The van der Waals surface area contributed by atoms with Gasteiger partial charge in [0.05, 0.1) is 0 Å². The summed E-state index contributed by atoms with van der Waals surface area (Å²) in [6.45, 7) is 8.29. The van der Waals surface area contributed by atoms with Crippen molar-refractivity contribution in [1.29, 1.82) is 0 Å². The molecule has 2 saturated heterocycles. The van der Waals surface area contributed by atoms with Crippen molar-refractivity contribution in [3.05, 3.63) is 0 Å². The minimum absolute atomic E-state index is 0.490.